The van der Waals surface area contributed by atoms with E-state index >= 15 is 0 Å². The highest BCUT2D eigenvalue weighted by Gasteiger charge is 2.39. The minimum Gasteiger partial charge on any atom is -0.415 e. The van der Waals surface area contributed by atoms with Crippen LogP contribution in [0.15, 0.2) is 91.0 Å². The maximum absolute atomic E-state index is 13.8. The second kappa shape index (κ2) is 14.4. The van der Waals surface area contributed by atoms with E-state index in [9.17, 15) is 18.0 Å². The summed E-state index contributed by atoms with van der Waals surface area (Å²) in [5.41, 5.74) is 1.76. The molecule has 0 heterocycles. The highest BCUT2D eigenvalue weighted by Crippen LogP contribution is 2.38. The van der Waals surface area contributed by atoms with Gasteiger partial charge in [-0.1, -0.05) is 112 Å². The molecule has 2 N–H and O–H groups in total. The summed E-state index contributed by atoms with van der Waals surface area (Å²) in [6, 6.07) is 29.0. The molecule has 3 aromatic rings. The van der Waals surface area contributed by atoms with Crippen LogP contribution in [-0.4, -0.2) is 54.1 Å². The van der Waals surface area contributed by atoms with Crippen molar-refractivity contribution in [3.05, 3.63) is 108 Å². The van der Waals surface area contributed by atoms with Gasteiger partial charge in [-0.25, -0.2) is 0 Å². The highest BCUT2D eigenvalue weighted by atomic mass is 32.2. The van der Waals surface area contributed by atoms with Crippen molar-refractivity contribution in [3.63, 3.8) is 0 Å². The van der Waals surface area contributed by atoms with E-state index in [-0.39, 0.29) is 30.4 Å². The normalized spacial score (nSPS) is 13.3. The van der Waals surface area contributed by atoms with E-state index in [0.29, 0.717) is 0 Å². The predicted molar refractivity (Wildman–Crippen MR) is 172 cm³/mol. The van der Waals surface area contributed by atoms with Crippen molar-refractivity contribution in [1.82, 2.24) is 10.6 Å². The molecule has 0 spiro atoms. The number of nitrogens with one attached hydrogen (secondary N) is 2. The van der Waals surface area contributed by atoms with Crippen LogP contribution in [0.4, 0.5) is 0 Å². The van der Waals surface area contributed by atoms with Crippen molar-refractivity contribution >= 4 is 30.2 Å². The van der Waals surface area contributed by atoms with Gasteiger partial charge in [-0.2, -0.15) is 8.42 Å². The number of carbonyl (C=O) groups is 2. The van der Waals surface area contributed by atoms with Crippen LogP contribution in [0.5, 0.6) is 0 Å². The van der Waals surface area contributed by atoms with Crippen LogP contribution in [0.1, 0.15) is 50.3 Å². The zero-order valence-corrected chi connectivity index (χ0v) is 27.7. The van der Waals surface area contributed by atoms with Gasteiger partial charge in [0.25, 0.3) is 10.1 Å². The number of hydrogen-bond donors (Lipinski definition) is 2. The van der Waals surface area contributed by atoms with Crippen molar-refractivity contribution in [2.45, 2.75) is 63.3 Å². The van der Waals surface area contributed by atoms with E-state index in [1.54, 1.807) is 0 Å². The van der Waals surface area contributed by atoms with Crippen LogP contribution < -0.4 is 10.6 Å². The Balaban J connectivity index is 1.88. The van der Waals surface area contributed by atoms with Crippen molar-refractivity contribution in [1.29, 1.82) is 0 Å². The third-order valence-electron chi connectivity index (χ3n) is 7.89. The van der Waals surface area contributed by atoms with E-state index in [0.717, 1.165) is 22.9 Å². The first kappa shape index (κ1) is 34.2. The van der Waals surface area contributed by atoms with Crippen LogP contribution in [-0.2, 0) is 33.9 Å². The quantitative estimate of drug-likeness (QED) is 0.142. The summed E-state index contributed by atoms with van der Waals surface area (Å²) in [4.78, 5) is 26.4. The van der Waals surface area contributed by atoms with E-state index in [1.165, 1.54) is 0 Å². The third-order valence-corrected chi connectivity index (χ3v) is 12.9. The molecule has 3 aromatic carbocycles. The first-order valence-electron chi connectivity index (χ1n) is 14.4. The van der Waals surface area contributed by atoms with Crippen LogP contribution in [0.3, 0.4) is 0 Å². The van der Waals surface area contributed by atoms with Gasteiger partial charge in [-0.3, -0.25) is 13.8 Å². The molecule has 0 unspecified atom stereocenters. The summed E-state index contributed by atoms with van der Waals surface area (Å²) < 4.78 is 33.9. The summed E-state index contributed by atoms with van der Waals surface area (Å²) in [5, 5.41) is 6.10. The predicted octanol–water partition coefficient (Wildman–Crippen LogP) is 5.36. The molecule has 1 atom stereocenters. The molecule has 232 valence electrons. The van der Waals surface area contributed by atoms with Crippen molar-refractivity contribution < 1.29 is 26.6 Å². The average Bonchev–Trinajstić information content (AvgIpc) is 2.96. The number of hydrogen-bond acceptors (Lipinski definition) is 6. The van der Waals surface area contributed by atoms with Crippen LogP contribution >= 0.6 is 0 Å². The fourth-order valence-corrected chi connectivity index (χ4v) is 5.88. The van der Waals surface area contributed by atoms with E-state index in [2.05, 4.69) is 48.7 Å². The number of amides is 2. The third kappa shape index (κ3) is 9.59. The summed E-state index contributed by atoms with van der Waals surface area (Å²) >= 11 is 0. The molecule has 0 bridgehead atoms. The maximum Gasteiger partial charge on any atom is 0.264 e. The fourth-order valence-electron chi connectivity index (χ4n) is 4.51. The molecule has 8 nitrogen and oxygen atoms in total. The summed E-state index contributed by atoms with van der Waals surface area (Å²) in [7, 11) is -5.96. The highest BCUT2D eigenvalue weighted by molar-refractivity contribution is 7.86. The van der Waals surface area contributed by atoms with Crippen molar-refractivity contribution in [3.8, 4) is 0 Å². The van der Waals surface area contributed by atoms with Gasteiger partial charge in [0.1, 0.15) is 12.1 Å². The lowest BCUT2D eigenvalue weighted by molar-refractivity contribution is -0.125. The van der Waals surface area contributed by atoms with E-state index in [4.69, 9.17) is 4.43 Å². The first-order chi connectivity index (χ1) is 20.1. The van der Waals surface area contributed by atoms with Gasteiger partial charge >= 0.3 is 0 Å². The Morgan fingerprint density at radius 2 is 1.23 bits per heavy atom. The Morgan fingerprint density at radius 1 is 0.791 bits per heavy atom. The molecule has 0 aliphatic heterocycles. The number of benzene rings is 3. The SMILES string of the molecule is CC(C)(C)[Si](C)(C)OC[C@H](CCC(=O)NC(c1ccccc1)(c1ccccc1)c1ccccc1)NC(=O)COS(C)(=O)=O. The lowest BCUT2D eigenvalue weighted by Crippen LogP contribution is -2.49. The molecular weight excluding hydrogens is 581 g/mol. The monoisotopic (exact) mass is 624 g/mol. The summed E-state index contributed by atoms with van der Waals surface area (Å²) in [6.45, 7) is 10.1. The molecule has 10 heteroatoms. The molecule has 0 aliphatic rings. The molecule has 0 saturated heterocycles. The van der Waals surface area contributed by atoms with Gasteiger partial charge in [0.15, 0.2) is 8.32 Å². The van der Waals surface area contributed by atoms with Gasteiger partial charge in [-0.05, 0) is 41.2 Å². The second-order valence-electron chi connectivity index (χ2n) is 12.2. The summed E-state index contributed by atoms with van der Waals surface area (Å²) in [5.74, 6) is -0.808. The average molecular weight is 625 g/mol. The molecule has 0 radical (unpaired) electrons. The van der Waals surface area contributed by atoms with Crippen molar-refractivity contribution in [2.24, 2.45) is 0 Å². The molecule has 43 heavy (non-hydrogen) atoms. The lowest BCUT2D eigenvalue weighted by atomic mass is 9.77. The Hall–Kier alpha value is -3.31. The molecule has 3 rings (SSSR count). The van der Waals surface area contributed by atoms with Gasteiger partial charge in [0.2, 0.25) is 11.8 Å². The Kier molecular flexibility index (Phi) is 11.5. The van der Waals surface area contributed by atoms with Gasteiger partial charge in [-0.15, -0.1) is 0 Å². The van der Waals surface area contributed by atoms with Crippen molar-refractivity contribution in [2.75, 3.05) is 19.5 Å². The Morgan fingerprint density at radius 3 is 1.63 bits per heavy atom. The van der Waals surface area contributed by atoms with Gasteiger partial charge in [0.05, 0.1) is 18.9 Å². The molecular formula is C33H44N2O6SSi. The molecule has 0 saturated carbocycles. The molecule has 2 amide bonds. The van der Waals surface area contributed by atoms with E-state index in [1.807, 2.05) is 91.0 Å². The summed E-state index contributed by atoms with van der Waals surface area (Å²) in [6.07, 6.45) is 1.26. The zero-order valence-electron chi connectivity index (χ0n) is 25.9. The molecule has 0 aliphatic carbocycles. The van der Waals surface area contributed by atoms with Crippen LogP contribution in [0, 0.1) is 0 Å². The Bertz CT molecular complexity index is 1350. The minimum atomic E-state index is -3.78. The zero-order chi connectivity index (χ0) is 31.7. The first-order valence-corrected chi connectivity index (χ1v) is 19.1. The topological polar surface area (TPSA) is 111 Å². The minimum absolute atomic E-state index is 0.0566. The Labute approximate surface area is 257 Å². The van der Waals surface area contributed by atoms with Gasteiger partial charge in [0, 0.05) is 6.42 Å². The van der Waals surface area contributed by atoms with E-state index < -0.39 is 42.5 Å². The molecule has 0 aromatic heterocycles. The van der Waals surface area contributed by atoms with Gasteiger partial charge < -0.3 is 15.1 Å². The number of carbonyl (C=O) groups excluding carboxylic acids is 2. The van der Waals surface area contributed by atoms with Crippen LogP contribution in [0.2, 0.25) is 18.1 Å². The number of rotatable bonds is 14. The maximum atomic E-state index is 13.8. The van der Waals surface area contributed by atoms with Crippen LogP contribution in [0.25, 0.3) is 0 Å². The standard InChI is InChI=1S/C33H44N2O6SSi/c1-32(2,3)43(5,6)41-24-29(34-31(37)25-40-42(4,38)39)22-23-30(36)35-33(26-16-10-7-11-17-26,27-18-12-8-13-19-27)28-20-14-9-15-21-28/h7-21,29H,22-25H2,1-6H3,(H,34,37)(H,35,36)/t29-/m0/s1. The smallest absolute Gasteiger partial charge is 0.264 e. The molecule has 0 fully saturated rings. The fraction of sp³-hybridized carbons (Fsp3) is 0.394. The second-order valence-corrected chi connectivity index (χ2v) is 18.7. The lowest BCUT2D eigenvalue weighted by Gasteiger charge is -2.38. The largest absolute Gasteiger partial charge is 0.415 e.